The van der Waals surface area contributed by atoms with Gasteiger partial charge in [-0.3, -0.25) is 4.79 Å². The molecule has 33 heavy (non-hydrogen) atoms. The number of nitrogens with one attached hydrogen (secondary N) is 2. The zero-order chi connectivity index (χ0) is 24.0. The SMILES string of the molecule is CCCC(NC(=O)CC(C)(C)CNC(=O)OCC1c2ccccc2-c2ccccc21)C(=O)O. The molecule has 176 valence electrons. The second-order valence-electron chi connectivity index (χ2n) is 9.27. The number of hydrogen-bond donors (Lipinski definition) is 3. The maximum Gasteiger partial charge on any atom is 0.407 e. The molecule has 2 amide bonds. The Morgan fingerprint density at radius 1 is 1.03 bits per heavy atom. The number of carboxylic acids is 1. The molecule has 0 aromatic heterocycles. The minimum atomic E-state index is -1.04. The Morgan fingerprint density at radius 3 is 2.15 bits per heavy atom. The van der Waals surface area contributed by atoms with E-state index in [2.05, 4.69) is 34.9 Å². The highest BCUT2D eigenvalue weighted by Gasteiger charge is 2.30. The molecule has 3 N–H and O–H groups in total. The van der Waals surface area contributed by atoms with Gasteiger partial charge in [-0.2, -0.15) is 0 Å². The third-order valence-corrected chi connectivity index (χ3v) is 5.90. The van der Waals surface area contributed by atoms with Gasteiger partial charge in [0.2, 0.25) is 5.91 Å². The molecule has 1 aliphatic carbocycles. The van der Waals surface area contributed by atoms with Gasteiger partial charge in [0.25, 0.3) is 0 Å². The topological polar surface area (TPSA) is 105 Å². The van der Waals surface area contributed by atoms with Crippen LogP contribution < -0.4 is 10.6 Å². The first-order chi connectivity index (χ1) is 15.7. The molecule has 0 bridgehead atoms. The van der Waals surface area contributed by atoms with Crippen molar-refractivity contribution in [2.45, 2.75) is 52.0 Å². The average Bonchev–Trinajstić information content (AvgIpc) is 3.09. The highest BCUT2D eigenvalue weighted by molar-refractivity contribution is 5.84. The fourth-order valence-corrected chi connectivity index (χ4v) is 4.25. The lowest BCUT2D eigenvalue weighted by Crippen LogP contribution is -2.44. The number of carbonyl (C=O) groups excluding carboxylic acids is 2. The van der Waals surface area contributed by atoms with Gasteiger partial charge in [-0.05, 0) is 34.1 Å². The predicted octanol–water partition coefficient (Wildman–Crippen LogP) is 4.31. The van der Waals surface area contributed by atoms with Crippen LogP contribution in [0.3, 0.4) is 0 Å². The molecule has 0 heterocycles. The predicted molar refractivity (Wildman–Crippen MR) is 126 cm³/mol. The number of ether oxygens (including phenoxy) is 1. The van der Waals surface area contributed by atoms with Gasteiger partial charge in [-0.25, -0.2) is 9.59 Å². The van der Waals surface area contributed by atoms with Crippen LogP contribution in [0.15, 0.2) is 48.5 Å². The molecule has 0 aliphatic heterocycles. The lowest BCUT2D eigenvalue weighted by molar-refractivity contribution is -0.142. The highest BCUT2D eigenvalue weighted by Crippen LogP contribution is 2.44. The largest absolute Gasteiger partial charge is 0.480 e. The number of carboxylic acid groups (broad SMARTS) is 1. The fourth-order valence-electron chi connectivity index (χ4n) is 4.25. The number of carbonyl (C=O) groups is 3. The van der Waals surface area contributed by atoms with E-state index < -0.39 is 23.5 Å². The van der Waals surface area contributed by atoms with E-state index in [0.717, 1.165) is 22.3 Å². The minimum Gasteiger partial charge on any atom is -0.480 e. The van der Waals surface area contributed by atoms with E-state index in [4.69, 9.17) is 4.74 Å². The summed E-state index contributed by atoms with van der Waals surface area (Å²) >= 11 is 0. The van der Waals surface area contributed by atoms with Gasteiger partial charge in [0.05, 0.1) is 0 Å². The first kappa shape index (κ1) is 24.3. The summed E-state index contributed by atoms with van der Waals surface area (Å²) in [5.41, 5.74) is 4.05. The van der Waals surface area contributed by atoms with Crippen molar-refractivity contribution in [3.8, 4) is 11.1 Å². The maximum absolute atomic E-state index is 12.4. The number of benzene rings is 2. The van der Waals surface area contributed by atoms with Crippen molar-refractivity contribution in [3.05, 3.63) is 59.7 Å². The zero-order valence-corrected chi connectivity index (χ0v) is 19.4. The van der Waals surface area contributed by atoms with E-state index in [-0.39, 0.29) is 31.4 Å². The molecule has 2 aromatic carbocycles. The van der Waals surface area contributed by atoms with Crippen molar-refractivity contribution in [1.82, 2.24) is 10.6 Å². The van der Waals surface area contributed by atoms with Gasteiger partial charge in [0.15, 0.2) is 0 Å². The summed E-state index contributed by atoms with van der Waals surface area (Å²) in [6.07, 6.45) is 0.577. The van der Waals surface area contributed by atoms with E-state index in [1.807, 2.05) is 45.0 Å². The Labute approximate surface area is 194 Å². The van der Waals surface area contributed by atoms with Crippen molar-refractivity contribution < 1.29 is 24.2 Å². The number of amides is 2. The van der Waals surface area contributed by atoms with E-state index in [9.17, 15) is 19.5 Å². The van der Waals surface area contributed by atoms with Crippen LogP contribution in [-0.4, -0.2) is 42.3 Å². The van der Waals surface area contributed by atoms with Crippen LogP contribution in [0, 0.1) is 5.41 Å². The molecule has 2 aromatic rings. The monoisotopic (exact) mass is 452 g/mol. The van der Waals surface area contributed by atoms with E-state index in [1.165, 1.54) is 0 Å². The highest BCUT2D eigenvalue weighted by atomic mass is 16.5. The molecule has 1 aliphatic rings. The van der Waals surface area contributed by atoms with Gasteiger partial charge in [-0.1, -0.05) is 75.7 Å². The smallest absolute Gasteiger partial charge is 0.407 e. The van der Waals surface area contributed by atoms with Crippen LogP contribution >= 0.6 is 0 Å². The van der Waals surface area contributed by atoms with Crippen LogP contribution in [0.25, 0.3) is 11.1 Å². The number of rotatable bonds is 10. The van der Waals surface area contributed by atoms with Gasteiger partial charge >= 0.3 is 12.1 Å². The van der Waals surface area contributed by atoms with Gasteiger partial charge in [0, 0.05) is 18.9 Å². The molecule has 0 fully saturated rings. The van der Waals surface area contributed by atoms with Gasteiger partial charge < -0.3 is 20.5 Å². The van der Waals surface area contributed by atoms with Crippen molar-refractivity contribution in [2.75, 3.05) is 13.2 Å². The van der Waals surface area contributed by atoms with Crippen LogP contribution in [0.4, 0.5) is 4.79 Å². The number of fused-ring (bicyclic) bond motifs is 3. The van der Waals surface area contributed by atoms with Crippen molar-refractivity contribution in [1.29, 1.82) is 0 Å². The molecular weight excluding hydrogens is 420 g/mol. The summed E-state index contributed by atoms with van der Waals surface area (Å²) in [5, 5.41) is 14.5. The Morgan fingerprint density at radius 2 is 1.61 bits per heavy atom. The van der Waals surface area contributed by atoms with Crippen LogP contribution in [-0.2, 0) is 14.3 Å². The molecule has 7 heteroatoms. The van der Waals surface area contributed by atoms with Crippen molar-refractivity contribution in [2.24, 2.45) is 5.41 Å². The van der Waals surface area contributed by atoms with E-state index >= 15 is 0 Å². The summed E-state index contributed by atoms with van der Waals surface area (Å²) in [4.78, 5) is 36.0. The molecule has 0 radical (unpaired) electrons. The lowest BCUT2D eigenvalue weighted by atomic mass is 9.88. The summed E-state index contributed by atoms with van der Waals surface area (Å²) < 4.78 is 5.54. The average molecular weight is 453 g/mol. The molecule has 0 saturated heterocycles. The van der Waals surface area contributed by atoms with E-state index in [0.29, 0.717) is 12.8 Å². The molecule has 0 spiro atoms. The number of alkyl carbamates (subject to hydrolysis) is 1. The normalized spacial score (nSPS) is 13.5. The molecule has 3 rings (SSSR count). The Hall–Kier alpha value is -3.35. The summed E-state index contributed by atoms with van der Waals surface area (Å²) in [6.45, 7) is 5.99. The summed E-state index contributed by atoms with van der Waals surface area (Å²) in [6, 6.07) is 15.4. The van der Waals surface area contributed by atoms with E-state index in [1.54, 1.807) is 0 Å². The molecule has 1 atom stereocenters. The van der Waals surface area contributed by atoms with Crippen LogP contribution in [0.5, 0.6) is 0 Å². The minimum absolute atomic E-state index is 0.0199. The second kappa shape index (κ2) is 10.5. The molecule has 1 unspecified atom stereocenters. The van der Waals surface area contributed by atoms with Crippen LogP contribution in [0.1, 0.15) is 57.1 Å². The van der Waals surface area contributed by atoms with Gasteiger partial charge in [0.1, 0.15) is 12.6 Å². The first-order valence-electron chi connectivity index (χ1n) is 11.3. The second-order valence-corrected chi connectivity index (χ2v) is 9.27. The molecular formula is C26H32N2O5. The van der Waals surface area contributed by atoms with Gasteiger partial charge in [-0.15, -0.1) is 0 Å². The summed E-state index contributed by atoms with van der Waals surface area (Å²) in [7, 11) is 0. The summed E-state index contributed by atoms with van der Waals surface area (Å²) in [5.74, 6) is -1.41. The first-order valence-corrected chi connectivity index (χ1v) is 11.3. The number of aliphatic carboxylic acids is 1. The maximum atomic E-state index is 12.4. The third-order valence-electron chi connectivity index (χ3n) is 5.90. The Balaban J connectivity index is 1.51. The zero-order valence-electron chi connectivity index (χ0n) is 19.4. The Bertz CT molecular complexity index is 972. The molecule has 7 nitrogen and oxygen atoms in total. The fraction of sp³-hybridized carbons (Fsp3) is 0.423. The standard InChI is InChI=1S/C26H32N2O5/c1-4-9-22(24(30)31)28-23(29)14-26(2,3)16-27-25(32)33-15-21-19-12-7-5-10-17(19)18-11-6-8-13-20(18)21/h5-8,10-13,21-22H,4,9,14-16H2,1-3H3,(H,27,32)(H,28,29)(H,30,31). The number of hydrogen-bond acceptors (Lipinski definition) is 4. The van der Waals surface area contributed by atoms with Crippen LogP contribution in [0.2, 0.25) is 0 Å². The Kier molecular flexibility index (Phi) is 7.74. The van der Waals surface area contributed by atoms with Crippen molar-refractivity contribution in [3.63, 3.8) is 0 Å². The quantitative estimate of drug-likeness (QED) is 0.498. The third kappa shape index (κ3) is 6.12. The lowest BCUT2D eigenvalue weighted by Gasteiger charge is -2.25. The van der Waals surface area contributed by atoms with Crippen molar-refractivity contribution >= 4 is 18.0 Å². The molecule has 0 saturated carbocycles.